The minimum Gasteiger partial charge on any atom is -0.481 e. The number of halogens is 1. The molecule has 0 aliphatic heterocycles. The Hall–Kier alpha value is -1.36. The quantitative estimate of drug-likeness (QED) is 0.869. The summed E-state index contributed by atoms with van der Waals surface area (Å²) < 4.78 is 0.966. The molecule has 2 rings (SSSR count). The van der Waals surface area contributed by atoms with Crippen LogP contribution in [0.15, 0.2) is 16.6 Å². The molecule has 3 atom stereocenters. The van der Waals surface area contributed by atoms with Crippen molar-refractivity contribution in [2.75, 3.05) is 5.32 Å². The van der Waals surface area contributed by atoms with E-state index in [1.54, 1.807) is 0 Å². The number of carbonyl (C=O) groups is 2. The average Bonchev–Trinajstić information content (AvgIpc) is 2.76. The van der Waals surface area contributed by atoms with E-state index in [4.69, 9.17) is 0 Å². The zero-order valence-corrected chi connectivity index (χ0v) is 14.0. The van der Waals surface area contributed by atoms with Crippen LogP contribution in [0.4, 0.5) is 5.69 Å². The first-order valence-corrected chi connectivity index (χ1v) is 7.89. The number of carboxylic acid groups (broad SMARTS) is 1. The van der Waals surface area contributed by atoms with Gasteiger partial charge in [0.1, 0.15) is 0 Å². The molecule has 0 aromatic heterocycles. The second kappa shape index (κ2) is 6.18. The Morgan fingerprint density at radius 2 is 1.71 bits per heavy atom. The lowest BCUT2D eigenvalue weighted by Gasteiger charge is -2.18. The minimum absolute atomic E-state index is 0.180. The molecule has 0 bridgehead atoms. The Kier molecular flexibility index (Phi) is 4.71. The molecule has 114 valence electrons. The lowest BCUT2D eigenvalue weighted by atomic mass is 9.95. The molecule has 1 aliphatic carbocycles. The molecule has 0 heterocycles. The highest BCUT2D eigenvalue weighted by molar-refractivity contribution is 9.10. The van der Waals surface area contributed by atoms with Gasteiger partial charge in [0.2, 0.25) is 5.91 Å². The minimum atomic E-state index is -0.872. The summed E-state index contributed by atoms with van der Waals surface area (Å²) in [6, 6.07) is 3.88. The van der Waals surface area contributed by atoms with E-state index in [9.17, 15) is 14.7 Å². The van der Waals surface area contributed by atoms with E-state index in [0.29, 0.717) is 12.8 Å². The van der Waals surface area contributed by atoms with Gasteiger partial charge in [0.25, 0.3) is 0 Å². The van der Waals surface area contributed by atoms with Crippen molar-refractivity contribution in [3.05, 3.63) is 27.7 Å². The largest absolute Gasteiger partial charge is 0.481 e. The van der Waals surface area contributed by atoms with Crippen LogP contribution in [0.25, 0.3) is 0 Å². The van der Waals surface area contributed by atoms with Gasteiger partial charge in [-0.05, 0) is 55.9 Å². The van der Waals surface area contributed by atoms with Gasteiger partial charge in [-0.2, -0.15) is 0 Å². The molecule has 1 fully saturated rings. The number of carboxylic acids is 1. The Balaban J connectivity index is 2.20. The van der Waals surface area contributed by atoms with Crippen molar-refractivity contribution in [1.82, 2.24) is 0 Å². The third-order valence-electron chi connectivity index (χ3n) is 4.20. The number of rotatable bonds is 3. The summed E-state index contributed by atoms with van der Waals surface area (Å²) in [5.74, 6) is -1.80. The Morgan fingerprint density at radius 1 is 1.19 bits per heavy atom. The molecule has 1 aromatic carbocycles. The molecule has 4 nitrogen and oxygen atoms in total. The SMILES string of the molecule is Cc1cc(Br)cc(C)c1NC(=O)[C@H]1CC(C)C[C@H]1C(=O)O. The first-order chi connectivity index (χ1) is 9.79. The van der Waals surface area contributed by atoms with Crippen LogP contribution in [-0.4, -0.2) is 17.0 Å². The zero-order chi connectivity index (χ0) is 15.7. The molecule has 1 unspecified atom stereocenters. The number of amides is 1. The van der Waals surface area contributed by atoms with Crippen molar-refractivity contribution in [1.29, 1.82) is 0 Å². The molecule has 0 spiro atoms. The maximum atomic E-state index is 12.5. The monoisotopic (exact) mass is 353 g/mol. The number of aryl methyl sites for hydroxylation is 2. The van der Waals surface area contributed by atoms with Gasteiger partial charge in [-0.1, -0.05) is 22.9 Å². The number of anilines is 1. The lowest BCUT2D eigenvalue weighted by molar-refractivity contribution is -0.145. The predicted octanol–water partition coefficient (Wildman–Crippen LogP) is 3.75. The van der Waals surface area contributed by atoms with Crippen LogP contribution in [0.5, 0.6) is 0 Å². The molecule has 1 amide bonds. The van der Waals surface area contributed by atoms with Gasteiger partial charge in [-0.3, -0.25) is 9.59 Å². The van der Waals surface area contributed by atoms with Crippen molar-refractivity contribution in [3.8, 4) is 0 Å². The second-order valence-corrected chi connectivity index (χ2v) is 6.95. The summed E-state index contributed by atoms with van der Waals surface area (Å²) in [7, 11) is 0. The van der Waals surface area contributed by atoms with Crippen LogP contribution in [0.3, 0.4) is 0 Å². The van der Waals surface area contributed by atoms with Crippen molar-refractivity contribution < 1.29 is 14.7 Å². The second-order valence-electron chi connectivity index (χ2n) is 6.03. The number of aliphatic carboxylic acids is 1. The maximum Gasteiger partial charge on any atom is 0.307 e. The molecular weight excluding hydrogens is 334 g/mol. The fourth-order valence-electron chi connectivity index (χ4n) is 3.18. The Morgan fingerprint density at radius 3 is 2.24 bits per heavy atom. The Labute approximate surface area is 133 Å². The predicted molar refractivity (Wildman–Crippen MR) is 85.3 cm³/mol. The highest BCUT2D eigenvalue weighted by Gasteiger charge is 2.41. The summed E-state index contributed by atoms with van der Waals surface area (Å²) in [4.78, 5) is 23.8. The van der Waals surface area contributed by atoms with Crippen molar-refractivity contribution in [2.24, 2.45) is 17.8 Å². The third kappa shape index (κ3) is 3.46. The van der Waals surface area contributed by atoms with Gasteiger partial charge in [0.05, 0.1) is 11.8 Å². The van der Waals surface area contributed by atoms with Gasteiger partial charge >= 0.3 is 5.97 Å². The summed E-state index contributed by atoms with van der Waals surface area (Å²) in [6.07, 6.45) is 1.21. The van der Waals surface area contributed by atoms with E-state index in [2.05, 4.69) is 21.2 Å². The molecule has 2 N–H and O–H groups in total. The van der Waals surface area contributed by atoms with E-state index in [-0.39, 0.29) is 11.8 Å². The van der Waals surface area contributed by atoms with Crippen LogP contribution in [0.1, 0.15) is 30.9 Å². The Bertz CT molecular complexity index is 562. The molecule has 0 saturated heterocycles. The molecule has 21 heavy (non-hydrogen) atoms. The standard InChI is InChI=1S/C16H20BrNO3/c1-8-4-12(13(5-8)16(20)21)15(19)18-14-9(2)6-11(17)7-10(14)3/h6-8,12-13H,4-5H2,1-3H3,(H,18,19)(H,20,21)/t8?,12-,13+/m0/s1. The summed E-state index contributed by atoms with van der Waals surface area (Å²) in [6.45, 7) is 5.86. The number of hydrogen-bond donors (Lipinski definition) is 2. The fraction of sp³-hybridized carbons (Fsp3) is 0.500. The summed E-state index contributed by atoms with van der Waals surface area (Å²) in [5.41, 5.74) is 2.72. The van der Waals surface area contributed by atoms with Crippen molar-refractivity contribution in [3.63, 3.8) is 0 Å². The molecule has 1 aliphatic rings. The number of nitrogens with one attached hydrogen (secondary N) is 1. The zero-order valence-electron chi connectivity index (χ0n) is 12.4. The van der Waals surface area contributed by atoms with E-state index in [1.807, 2.05) is 32.9 Å². The van der Waals surface area contributed by atoms with E-state index >= 15 is 0 Å². The van der Waals surface area contributed by atoms with E-state index < -0.39 is 17.8 Å². The molecule has 0 radical (unpaired) electrons. The normalized spacial score (nSPS) is 24.9. The molecule has 5 heteroatoms. The van der Waals surface area contributed by atoms with Gasteiger partial charge in [-0.25, -0.2) is 0 Å². The molecular formula is C16H20BrNO3. The van der Waals surface area contributed by atoms with Gasteiger partial charge < -0.3 is 10.4 Å². The number of hydrogen-bond acceptors (Lipinski definition) is 2. The average molecular weight is 354 g/mol. The lowest BCUT2D eigenvalue weighted by Crippen LogP contribution is -2.30. The number of carbonyl (C=O) groups excluding carboxylic acids is 1. The summed E-state index contributed by atoms with van der Waals surface area (Å²) >= 11 is 3.43. The third-order valence-corrected chi connectivity index (χ3v) is 4.66. The topological polar surface area (TPSA) is 66.4 Å². The fourth-order valence-corrected chi connectivity index (χ4v) is 3.86. The molecule has 1 saturated carbocycles. The van der Waals surface area contributed by atoms with E-state index in [0.717, 1.165) is 21.3 Å². The van der Waals surface area contributed by atoms with Crippen molar-refractivity contribution >= 4 is 33.5 Å². The van der Waals surface area contributed by atoms with Crippen LogP contribution in [0.2, 0.25) is 0 Å². The highest BCUT2D eigenvalue weighted by Crippen LogP contribution is 2.37. The maximum absolute atomic E-state index is 12.5. The van der Waals surface area contributed by atoms with Crippen molar-refractivity contribution in [2.45, 2.75) is 33.6 Å². The van der Waals surface area contributed by atoms with Gasteiger partial charge in [0.15, 0.2) is 0 Å². The highest BCUT2D eigenvalue weighted by atomic mass is 79.9. The smallest absolute Gasteiger partial charge is 0.307 e. The van der Waals surface area contributed by atoms with Crippen LogP contribution in [0, 0.1) is 31.6 Å². The van der Waals surface area contributed by atoms with E-state index in [1.165, 1.54) is 0 Å². The first kappa shape index (κ1) is 16.0. The molecule has 1 aromatic rings. The first-order valence-electron chi connectivity index (χ1n) is 7.10. The van der Waals surface area contributed by atoms with Gasteiger partial charge in [0, 0.05) is 10.2 Å². The van der Waals surface area contributed by atoms with Crippen LogP contribution in [-0.2, 0) is 9.59 Å². The number of benzene rings is 1. The van der Waals surface area contributed by atoms with Crippen LogP contribution >= 0.6 is 15.9 Å². The van der Waals surface area contributed by atoms with Gasteiger partial charge in [-0.15, -0.1) is 0 Å². The van der Waals surface area contributed by atoms with Crippen LogP contribution < -0.4 is 5.32 Å². The summed E-state index contributed by atoms with van der Waals surface area (Å²) in [5, 5.41) is 12.2.